The SMILES string of the molecule is COCCN(C)CC[C@@H](C(N)=O)c1ccc(Cl)cc1. The minimum absolute atomic E-state index is 0.276. The van der Waals surface area contributed by atoms with Gasteiger partial charge in [0.25, 0.3) is 0 Å². The lowest BCUT2D eigenvalue weighted by atomic mass is 9.95. The Balaban J connectivity index is 2.58. The smallest absolute Gasteiger partial charge is 0.225 e. The van der Waals surface area contributed by atoms with Crippen molar-refractivity contribution in [2.75, 3.05) is 33.9 Å². The predicted molar refractivity (Wildman–Crippen MR) is 77.4 cm³/mol. The zero-order valence-corrected chi connectivity index (χ0v) is 12.2. The number of hydrogen-bond acceptors (Lipinski definition) is 3. The van der Waals surface area contributed by atoms with Crippen molar-refractivity contribution in [3.63, 3.8) is 0 Å². The molecule has 0 aliphatic rings. The standard InChI is InChI=1S/C14H21ClN2O2/c1-17(9-10-19-2)8-7-13(14(16)18)11-3-5-12(15)6-4-11/h3-6,13H,7-10H2,1-2H3,(H2,16,18)/t13-/m1/s1. The van der Waals surface area contributed by atoms with Crippen LogP contribution in [0.1, 0.15) is 17.9 Å². The van der Waals surface area contributed by atoms with Crippen LogP contribution in [0.5, 0.6) is 0 Å². The first-order chi connectivity index (χ1) is 9.04. The highest BCUT2D eigenvalue weighted by Crippen LogP contribution is 2.21. The Labute approximate surface area is 119 Å². The van der Waals surface area contributed by atoms with Gasteiger partial charge in [-0.15, -0.1) is 0 Å². The normalized spacial score (nSPS) is 12.6. The second-order valence-corrected chi connectivity index (χ2v) is 5.03. The van der Waals surface area contributed by atoms with Crippen LogP contribution in [0.2, 0.25) is 5.02 Å². The highest BCUT2D eigenvalue weighted by molar-refractivity contribution is 6.30. The Hall–Kier alpha value is -1.10. The van der Waals surface area contributed by atoms with Crippen molar-refractivity contribution in [2.45, 2.75) is 12.3 Å². The van der Waals surface area contributed by atoms with Crippen LogP contribution < -0.4 is 5.73 Å². The second kappa shape index (κ2) is 8.15. The lowest BCUT2D eigenvalue weighted by Gasteiger charge is -2.20. The lowest BCUT2D eigenvalue weighted by Crippen LogP contribution is -2.29. The number of carbonyl (C=O) groups excluding carboxylic acids is 1. The molecule has 0 bridgehead atoms. The van der Waals surface area contributed by atoms with E-state index in [0.717, 1.165) is 18.7 Å². The van der Waals surface area contributed by atoms with Gasteiger partial charge in [0.15, 0.2) is 0 Å². The van der Waals surface area contributed by atoms with Gasteiger partial charge in [0.1, 0.15) is 0 Å². The molecule has 0 spiro atoms. The molecule has 4 nitrogen and oxygen atoms in total. The Bertz CT molecular complexity index is 395. The van der Waals surface area contributed by atoms with Crippen molar-refractivity contribution in [1.29, 1.82) is 0 Å². The van der Waals surface area contributed by atoms with Crippen molar-refractivity contribution in [3.8, 4) is 0 Å². The van der Waals surface area contributed by atoms with Crippen LogP contribution in [-0.4, -0.2) is 44.7 Å². The van der Waals surface area contributed by atoms with Crippen molar-refractivity contribution >= 4 is 17.5 Å². The summed E-state index contributed by atoms with van der Waals surface area (Å²) in [5.74, 6) is -0.579. The predicted octanol–water partition coefficient (Wildman–Crippen LogP) is 1.88. The number of nitrogens with zero attached hydrogens (tertiary/aromatic N) is 1. The molecule has 0 fully saturated rings. The number of hydrogen-bond donors (Lipinski definition) is 1. The molecule has 1 amide bonds. The molecule has 19 heavy (non-hydrogen) atoms. The third kappa shape index (κ3) is 5.59. The molecule has 0 unspecified atom stereocenters. The quantitative estimate of drug-likeness (QED) is 0.793. The molecular formula is C14H21ClN2O2. The van der Waals surface area contributed by atoms with Crippen LogP contribution in [0.15, 0.2) is 24.3 Å². The van der Waals surface area contributed by atoms with Crippen molar-refractivity contribution < 1.29 is 9.53 Å². The summed E-state index contributed by atoms with van der Waals surface area (Å²) < 4.78 is 5.02. The van der Waals surface area contributed by atoms with E-state index < -0.39 is 0 Å². The van der Waals surface area contributed by atoms with Gasteiger partial charge in [0.2, 0.25) is 5.91 Å². The van der Waals surface area contributed by atoms with E-state index >= 15 is 0 Å². The third-order valence-corrected chi connectivity index (χ3v) is 3.34. The number of halogens is 1. The van der Waals surface area contributed by atoms with Crippen LogP contribution in [-0.2, 0) is 9.53 Å². The topological polar surface area (TPSA) is 55.6 Å². The maximum absolute atomic E-state index is 11.6. The molecule has 1 aromatic rings. The molecule has 0 heterocycles. The average Bonchev–Trinajstić information content (AvgIpc) is 2.38. The van der Waals surface area contributed by atoms with Crippen LogP contribution in [0.25, 0.3) is 0 Å². The molecule has 0 aromatic heterocycles. The Kier molecular flexibility index (Phi) is 6.84. The highest BCUT2D eigenvalue weighted by Gasteiger charge is 2.18. The summed E-state index contributed by atoms with van der Waals surface area (Å²) in [5.41, 5.74) is 6.39. The van der Waals surface area contributed by atoms with Gasteiger partial charge in [0.05, 0.1) is 12.5 Å². The van der Waals surface area contributed by atoms with E-state index in [1.165, 1.54) is 0 Å². The summed E-state index contributed by atoms with van der Waals surface area (Å²) in [6.45, 7) is 2.31. The largest absolute Gasteiger partial charge is 0.383 e. The minimum atomic E-state index is -0.303. The lowest BCUT2D eigenvalue weighted by molar-refractivity contribution is -0.119. The monoisotopic (exact) mass is 284 g/mol. The Morgan fingerprint density at radius 2 is 2.00 bits per heavy atom. The first-order valence-corrected chi connectivity index (χ1v) is 6.64. The van der Waals surface area contributed by atoms with Gasteiger partial charge in [-0.1, -0.05) is 23.7 Å². The summed E-state index contributed by atoms with van der Waals surface area (Å²) >= 11 is 5.84. The Morgan fingerprint density at radius 3 is 2.53 bits per heavy atom. The highest BCUT2D eigenvalue weighted by atomic mass is 35.5. The van der Waals surface area contributed by atoms with Gasteiger partial charge < -0.3 is 15.4 Å². The van der Waals surface area contributed by atoms with Crippen LogP contribution in [0.4, 0.5) is 0 Å². The summed E-state index contributed by atoms with van der Waals surface area (Å²) in [7, 11) is 3.67. The number of primary amides is 1. The zero-order valence-electron chi connectivity index (χ0n) is 11.4. The van der Waals surface area contributed by atoms with E-state index in [0.29, 0.717) is 18.1 Å². The molecule has 106 valence electrons. The first-order valence-electron chi connectivity index (χ1n) is 6.27. The molecular weight excluding hydrogens is 264 g/mol. The minimum Gasteiger partial charge on any atom is -0.383 e. The van der Waals surface area contributed by atoms with E-state index in [-0.39, 0.29) is 11.8 Å². The van der Waals surface area contributed by atoms with Crippen molar-refractivity contribution in [1.82, 2.24) is 4.90 Å². The van der Waals surface area contributed by atoms with Gasteiger partial charge in [0, 0.05) is 18.7 Å². The second-order valence-electron chi connectivity index (χ2n) is 4.59. The van der Waals surface area contributed by atoms with Crippen LogP contribution in [0.3, 0.4) is 0 Å². The molecule has 0 aliphatic carbocycles. The number of benzene rings is 1. The molecule has 0 radical (unpaired) electrons. The number of likely N-dealkylation sites (N-methyl/N-ethyl adjacent to an activating group) is 1. The van der Waals surface area contributed by atoms with Gasteiger partial charge in [-0.25, -0.2) is 0 Å². The fourth-order valence-corrected chi connectivity index (χ4v) is 2.00. The fraction of sp³-hybridized carbons (Fsp3) is 0.500. The number of nitrogens with two attached hydrogens (primary N) is 1. The number of ether oxygens (including phenoxy) is 1. The molecule has 0 saturated heterocycles. The maximum Gasteiger partial charge on any atom is 0.225 e. The summed E-state index contributed by atoms with van der Waals surface area (Å²) in [6.07, 6.45) is 0.692. The van der Waals surface area contributed by atoms with E-state index in [9.17, 15) is 4.79 Å². The van der Waals surface area contributed by atoms with Crippen LogP contribution >= 0.6 is 11.6 Å². The molecule has 0 saturated carbocycles. The first kappa shape index (κ1) is 16.0. The number of amides is 1. The number of rotatable bonds is 8. The summed E-state index contributed by atoms with van der Waals surface area (Å²) in [4.78, 5) is 13.7. The average molecular weight is 285 g/mol. The zero-order chi connectivity index (χ0) is 14.3. The molecule has 1 atom stereocenters. The molecule has 1 aromatic carbocycles. The Morgan fingerprint density at radius 1 is 1.37 bits per heavy atom. The van der Waals surface area contributed by atoms with Gasteiger partial charge >= 0.3 is 0 Å². The van der Waals surface area contributed by atoms with Crippen LogP contribution in [0, 0.1) is 0 Å². The molecule has 0 aliphatic heterocycles. The number of methoxy groups -OCH3 is 1. The summed E-state index contributed by atoms with van der Waals surface area (Å²) in [5, 5.41) is 0.657. The van der Waals surface area contributed by atoms with E-state index in [1.54, 1.807) is 19.2 Å². The fourth-order valence-electron chi connectivity index (χ4n) is 1.88. The van der Waals surface area contributed by atoms with Crippen molar-refractivity contribution in [2.24, 2.45) is 5.73 Å². The number of carbonyl (C=O) groups is 1. The van der Waals surface area contributed by atoms with E-state index in [1.807, 2.05) is 19.2 Å². The van der Waals surface area contributed by atoms with E-state index in [2.05, 4.69) is 4.90 Å². The van der Waals surface area contributed by atoms with Gasteiger partial charge in [-0.3, -0.25) is 4.79 Å². The van der Waals surface area contributed by atoms with Gasteiger partial charge in [-0.2, -0.15) is 0 Å². The molecule has 5 heteroatoms. The van der Waals surface area contributed by atoms with Crippen molar-refractivity contribution in [3.05, 3.63) is 34.9 Å². The van der Waals surface area contributed by atoms with E-state index in [4.69, 9.17) is 22.1 Å². The molecule has 2 N–H and O–H groups in total. The third-order valence-electron chi connectivity index (χ3n) is 3.09. The molecule has 1 rings (SSSR count). The summed E-state index contributed by atoms with van der Waals surface area (Å²) in [6, 6.07) is 7.27. The maximum atomic E-state index is 11.6. The van der Waals surface area contributed by atoms with Gasteiger partial charge in [-0.05, 0) is 37.7 Å².